The van der Waals surface area contributed by atoms with Gasteiger partial charge in [0.05, 0.1) is 5.56 Å². The largest absolute Gasteiger partial charge is 0.334 e. The van der Waals surface area contributed by atoms with Crippen molar-refractivity contribution in [3.05, 3.63) is 34.6 Å². The van der Waals surface area contributed by atoms with E-state index in [4.69, 9.17) is 11.6 Å². The minimum atomic E-state index is -0.516. The molecule has 0 bridgehead atoms. The fraction of sp³-hybridized carbons (Fsp3) is 0.462. The molecule has 2 atom stereocenters. The van der Waals surface area contributed by atoms with Gasteiger partial charge in [-0.2, -0.15) is 0 Å². The van der Waals surface area contributed by atoms with Gasteiger partial charge in [0.25, 0.3) is 5.91 Å². The number of nitrogens with zero attached hydrogens (tertiary/aromatic N) is 1. The maximum Gasteiger partial charge on any atom is 0.257 e. The second-order valence-corrected chi connectivity index (χ2v) is 5.69. The van der Waals surface area contributed by atoms with E-state index in [1.165, 1.54) is 18.2 Å². The lowest BCUT2D eigenvalue weighted by Gasteiger charge is -2.25. The van der Waals surface area contributed by atoms with E-state index in [1.807, 2.05) is 0 Å². The molecule has 1 heterocycles. The van der Waals surface area contributed by atoms with Gasteiger partial charge in [-0.1, -0.05) is 34.5 Å². The van der Waals surface area contributed by atoms with Gasteiger partial charge in [-0.05, 0) is 30.5 Å². The molecular weight excluding hydrogens is 321 g/mol. The first kappa shape index (κ1) is 13.8. The molecule has 5 heteroatoms. The molecule has 0 saturated carbocycles. The Bertz CT molecular complexity index is 468. The highest BCUT2D eigenvalue weighted by atomic mass is 79.9. The zero-order chi connectivity index (χ0) is 13.3. The van der Waals surface area contributed by atoms with Crippen LogP contribution in [0.2, 0.25) is 5.02 Å². The van der Waals surface area contributed by atoms with Crippen molar-refractivity contribution < 1.29 is 9.18 Å². The monoisotopic (exact) mass is 333 g/mol. The first-order valence-corrected chi connectivity index (χ1v) is 7.36. The fourth-order valence-corrected chi connectivity index (χ4v) is 3.47. The van der Waals surface area contributed by atoms with Crippen LogP contribution in [0.25, 0.3) is 0 Å². The Morgan fingerprint density at radius 2 is 2.33 bits per heavy atom. The lowest BCUT2D eigenvalue weighted by Crippen LogP contribution is -2.38. The van der Waals surface area contributed by atoms with Crippen LogP contribution in [0.3, 0.4) is 0 Å². The van der Waals surface area contributed by atoms with Gasteiger partial charge in [0.1, 0.15) is 5.82 Å². The summed E-state index contributed by atoms with van der Waals surface area (Å²) >= 11 is 9.24. The van der Waals surface area contributed by atoms with Crippen LogP contribution in [-0.4, -0.2) is 28.7 Å². The van der Waals surface area contributed by atoms with Crippen molar-refractivity contribution in [2.45, 2.75) is 19.4 Å². The lowest BCUT2D eigenvalue weighted by molar-refractivity contribution is 0.0734. The van der Waals surface area contributed by atoms with Crippen molar-refractivity contribution in [2.75, 3.05) is 11.9 Å². The molecule has 0 aliphatic carbocycles. The second-order valence-electron chi connectivity index (χ2n) is 4.61. The molecule has 1 saturated heterocycles. The van der Waals surface area contributed by atoms with Gasteiger partial charge < -0.3 is 4.90 Å². The highest BCUT2D eigenvalue weighted by Crippen LogP contribution is 2.28. The number of hydrogen-bond acceptors (Lipinski definition) is 1. The van der Waals surface area contributed by atoms with Gasteiger partial charge in [-0.15, -0.1) is 0 Å². The molecule has 0 N–H and O–H groups in total. The summed E-state index contributed by atoms with van der Waals surface area (Å²) in [7, 11) is 0. The Kier molecular flexibility index (Phi) is 4.28. The average Bonchev–Trinajstić information content (AvgIpc) is 2.72. The quantitative estimate of drug-likeness (QED) is 0.755. The lowest BCUT2D eigenvalue weighted by atomic mass is 10.0. The Morgan fingerprint density at radius 3 is 3.00 bits per heavy atom. The van der Waals surface area contributed by atoms with Crippen molar-refractivity contribution in [1.82, 2.24) is 4.90 Å². The van der Waals surface area contributed by atoms with E-state index in [2.05, 4.69) is 22.9 Å². The van der Waals surface area contributed by atoms with Crippen LogP contribution in [-0.2, 0) is 0 Å². The molecule has 0 radical (unpaired) electrons. The third-order valence-electron chi connectivity index (χ3n) is 3.46. The zero-order valence-corrected chi connectivity index (χ0v) is 12.3. The molecule has 2 rings (SSSR count). The van der Waals surface area contributed by atoms with E-state index < -0.39 is 5.82 Å². The van der Waals surface area contributed by atoms with E-state index in [1.54, 1.807) is 4.90 Å². The Labute approximate surface area is 119 Å². The number of likely N-dealkylation sites (tertiary alicyclic amines) is 1. The zero-order valence-electron chi connectivity index (χ0n) is 10.00. The summed E-state index contributed by atoms with van der Waals surface area (Å²) in [5.41, 5.74) is 0.0579. The number of carbonyl (C=O) groups excluding carboxylic acids is 1. The number of hydrogen-bond donors (Lipinski definition) is 0. The van der Waals surface area contributed by atoms with Crippen LogP contribution in [0, 0.1) is 11.7 Å². The van der Waals surface area contributed by atoms with Crippen molar-refractivity contribution in [3.63, 3.8) is 0 Å². The summed E-state index contributed by atoms with van der Waals surface area (Å²) in [5, 5.41) is 1.09. The summed E-state index contributed by atoms with van der Waals surface area (Å²) in [5.74, 6) is -0.364. The molecule has 2 unspecified atom stereocenters. The van der Waals surface area contributed by atoms with Gasteiger partial charge in [0.2, 0.25) is 0 Å². The Balaban J connectivity index is 2.28. The van der Waals surface area contributed by atoms with E-state index >= 15 is 0 Å². The molecule has 1 amide bonds. The highest BCUT2D eigenvalue weighted by Gasteiger charge is 2.34. The minimum absolute atomic E-state index is 0.0579. The summed E-state index contributed by atoms with van der Waals surface area (Å²) in [6.45, 7) is 2.77. The number of carbonyl (C=O) groups is 1. The van der Waals surface area contributed by atoms with Crippen LogP contribution < -0.4 is 0 Å². The van der Waals surface area contributed by atoms with Crippen molar-refractivity contribution in [2.24, 2.45) is 5.92 Å². The SMILES string of the molecule is CC1CCN(C(=O)c2cc(Cl)ccc2F)C1CBr. The third kappa shape index (κ3) is 2.54. The molecular formula is C13H14BrClFNO. The van der Waals surface area contributed by atoms with E-state index in [-0.39, 0.29) is 17.5 Å². The standard InChI is InChI=1S/C13H14BrClFNO/c1-8-4-5-17(12(8)7-14)13(18)10-6-9(15)2-3-11(10)16/h2-3,6,8,12H,4-5,7H2,1H3. The number of benzene rings is 1. The molecule has 2 nitrogen and oxygen atoms in total. The smallest absolute Gasteiger partial charge is 0.257 e. The summed E-state index contributed by atoms with van der Waals surface area (Å²) in [4.78, 5) is 14.1. The molecule has 1 aliphatic rings. The second kappa shape index (κ2) is 5.57. The van der Waals surface area contributed by atoms with Crippen LogP contribution in [0.5, 0.6) is 0 Å². The summed E-state index contributed by atoms with van der Waals surface area (Å²) in [6, 6.07) is 4.20. The van der Waals surface area contributed by atoms with Crippen LogP contribution in [0.1, 0.15) is 23.7 Å². The van der Waals surface area contributed by atoms with Gasteiger partial charge in [-0.25, -0.2) is 4.39 Å². The molecule has 18 heavy (non-hydrogen) atoms. The van der Waals surface area contributed by atoms with Gasteiger partial charge >= 0.3 is 0 Å². The predicted molar refractivity (Wildman–Crippen MR) is 73.8 cm³/mol. The molecule has 0 spiro atoms. The normalized spacial score (nSPS) is 23.4. The number of rotatable bonds is 2. The molecule has 0 aromatic heterocycles. The third-order valence-corrected chi connectivity index (χ3v) is 4.36. The van der Waals surface area contributed by atoms with Crippen LogP contribution in [0.4, 0.5) is 4.39 Å². The van der Waals surface area contributed by atoms with E-state index in [9.17, 15) is 9.18 Å². The fourth-order valence-electron chi connectivity index (χ4n) is 2.31. The first-order valence-electron chi connectivity index (χ1n) is 5.86. The highest BCUT2D eigenvalue weighted by molar-refractivity contribution is 9.09. The maximum atomic E-state index is 13.7. The van der Waals surface area contributed by atoms with Crippen LogP contribution >= 0.6 is 27.5 Å². The van der Waals surface area contributed by atoms with E-state index in [0.717, 1.165) is 6.42 Å². The molecule has 1 fully saturated rings. The molecule has 1 aliphatic heterocycles. The van der Waals surface area contributed by atoms with Gasteiger partial charge in [-0.3, -0.25) is 4.79 Å². The van der Waals surface area contributed by atoms with Crippen molar-refractivity contribution in [1.29, 1.82) is 0 Å². The van der Waals surface area contributed by atoms with Crippen molar-refractivity contribution in [3.8, 4) is 0 Å². The van der Waals surface area contributed by atoms with E-state index in [0.29, 0.717) is 22.8 Å². The first-order chi connectivity index (χ1) is 8.54. The molecule has 1 aromatic rings. The Morgan fingerprint density at radius 1 is 1.61 bits per heavy atom. The minimum Gasteiger partial charge on any atom is -0.334 e. The van der Waals surface area contributed by atoms with Gasteiger partial charge in [0, 0.05) is 22.9 Å². The Hall–Kier alpha value is -0.610. The van der Waals surface area contributed by atoms with Crippen molar-refractivity contribution >= 4 is 33.4 Å². The molecule has 98 valence electrons. The maximum absolute atomic E-state index is 13.7. The number of alkyl halides is 1. The van der Waals surface area contributed by atoms with Gasteiger partial charge in [0.15, 0.2) is 0 Å². The number of amides is 1. The predicted octanol–water partition coefficient (Wildman–Crippen LogP) is 3.72. The summed E-state index contributed by atoms with van der Waals surface area (Å²) < 4.78 is 13.7. The van der Waals surface area contributed by atoms with Crippen LogP contribution in [0.15, 0.2) is 18.2 Å². The molecule has 1 aromatic carbocycles. The summed E-state index contributed by atoms with van der Waals surface area (Å²) in [6.07, 6.45) is 0.949. The average molecular weight is 335 g/mol. The topological polar surface area (TPSA) is 20.3 Å². The number of halogens is 3.